The number of hydrogen-bond acceptors (Lipinski definition) is 8. The zero-order valence-corrected chi connectivity index (χ0v) is 27.9. The predicted molar refractivity (Wildman–Crippen MR) is 173 cm³/mol. The van der Waals surface area contributed by atoms with E-state index in [4.69, 9.17) is 14.2 Å². The number of unbranched alkanes of at least 4 members (excludes halogenated alkanes) is 1. The molecule has 2 rings (SSSR count). The number of hydrogen-bond donors (Lipinski definition) is 5. The summed E-state index contributed by atoms with van der Waals surface area (Å²) in [6.45, 7) is 11.3. The van der Waals surface area contributed by atoms with Crippen LogP contribution in [-0.2, 0) is 28.6 Å². The number of amides is 5. The van der Waals surface area contributed by atoms with E-state index in [1.165, 1.54) is 0 Å². The van der Waals surface area contributed by atoms with E-state index >= 15 is 0 Å². The number of carbonyl (C=O) groups is 4. The smallest absolute Gasteiger partial charge is 0.315 e. The summed E-state index contributed by atoms with van der Waals surface area (Å²) in [6, 6.07) is 0.420. The van der Waals surface area contributed by atoms with Gasteiger partial charge in [-0.1, -0.05) is 27.2 Å². The molecule has 5 N–H and O–H groups in total. The third-order valence-corrected chi connectivity index (χ3v) is 9.48. The second-order valence-electron chi connectivity index (χ2n) is 12.0. The Labute approximate surface area is 268 Å². The highest BCUT2D eigenvalue weighted by Gasteiger charge is 2.42. The van der Waals surface area contributed by atoms with Gasteiger partial charge in [-0.25, -0.2) is 4.79 Å². The fraction of sp³-hybridized carbons (Fsp3) is 0.871. The maximum atomic E-state index is 12.0. The van der Waals surface area contributed by atoms with E-state index in [0.717, 1.165) is 37.9 Å². The average Bonchev–Trinajstić information content (AvgIpc) is 3.54. The van der Waals surface area contributed by atoms with E-state index in [0.29, 0.717) is 102 Å². The van der Waals surface area contributed by atoms with Crippen molar-refractivity contribution in [2.45, 2.75) is 95.9 Å². The summed E-state index contributed by atoms with van der Waals surface area (Å²) in [7, 11) is 0. The lowest BCUT2D eigenvalue weighted by atomic mass is 9.98. The van der Waals surface area contributed by atoms with Crippen LogP contribution in [0.3, 0.4) is 0 Å². The average molecular weight is 644 g/mol. The molecule has 0 saturated carbocycles. The summed E-state index contributed by atoms with van der Waals surface area (Å²) in [6.07, 6.45) is 6.13. The van der Waals surface area contributed by atoms with E-state index < -0.39 is 0 Å². The summed E-state index contributed by atoms with van der Waals surface area (Å²) >= 11 is 1.91. The van der Waals surface area contributed by atoms with E-state index in [1.54, 1.807) is 0 Å². The summed E-state index contributed by atoms with van der Waals surface area (Å²) in [5.74, 6) is 1.97. The van der Waals surface area contributed by atoms with Crippen LogP contribution in [0.2, 0.25) is 0 Å². The zero-order chi connectivity index (χ0) is 32.0. The first-order valence-corrected chi connectivity index (χ1v) is 17.5. The lowest BCUT2D eigenvalue weighted by Crippen LogP contribution is -2.36. The molecule has 0 bridgehead atoms. The molecule has 2 saturated heterocycles. The Morgan fingerprint density at radius 3 is 1.89 bits per heavy atom. The van der Waals surface area contributed by atoms with Gasteiger partial charge in [-0.15, -0.1) is 0 Å². The van der Waals surface area contributed by atoms with Crippen molar-refractivity contribution in [2.75, 3.05) is 65.0 Å². The molecule has 0 aromatic heterocycles. The van der Waals surface area contributed by atoms with Gasteiger partial charge in [0.15, 0.2) is 0 Å². The van der Waals surface area contributed by atoms with E-state index in [2.05, 4.69) is 47.4 Å². The summed E-state index contributed by atoms with van der Waals surface area (Å²) in [5.41, 5.74) is 0. The van der Waals surface area contributed by atoms with Crippen molar-refractivity contribution in [1.82, 2.24) is 26.6 Å². The lowest BCUT2D eigenvalue weighted by molar-refractivity contribution is -0.123. The maximum absolute atomic E-state index is 12.0. The minimum Gasteiger partial charge on any atom is -0.379 e. The van der Waals surface area contributed by atoms with Crippen LogP contribution in [-0.4, -0.2) is 106 Å². The van der Waals surface area contributed by atoms with Crippen LogP contribution in [0, 0.1) is 11.8 Å². The molecule has 5 amide bonds. The largest absolute Gasteiger partial charge is 0.379 e. The topological polar surface area (TPSA) is 156 Å². The molecule has 13 heteroatoms. The molecule has 2 fully saturated rings. The van der Waals surface area contributed by atoms with Crippen molar-refractivity contribution < 1.29 is 33.4 Å². The van der Waals surface area contributed by atoms with Gasteiger partial charge in [0.05, 0.1) is 38.5 Å². The molecule has 0 aromatic rings. The number of carbonyl (C=O) groups excluding carboxylic acids is 4. The normalized spacial score (nSPS) is 19.7. The highest BCUT2D eigenvalue weighted by molar-refractivity contribution is 8.00. The Balaban J connectivity index is 1.25. The van der Waals surface area contributed by atoms with Gasteiger partial charge in [-0.2, -0.15) is 11.8 Å². The van der Waals surface area contributed by atoms with Crippen LogP contribution in [0.4, 0.5) is 4.79 Å². The Morgan fingerprint density at radius 1 is 0.750 bits per heavy atom. The van der Waals surface area contributed by atoms with Gasteiger partial charge >= 0.3 is 6.03 Å². The van der Waals surface area contributed by atoms with Crippen molar-refractivity contribution in [3.05, 3.63) is 0 Å². The third-order valence-electron chi connectivity index (χ3n) is 7.97. The highest BCUT2D eigenvalue weighted by atomic mass is 32.2. The van der Waals surface area contributed by atoms with Gasteiger partial charge in [-0.05, 0) is 43.9 Å². The first kappa shape index (κ1) is 38.1. The Kier molecular flexibility index (Phi) is 20.2. The molecular formula is C31H57N5O7S. The molecule has 44 heavy (non-hydrogen) atoms. The fourth-order valence-corrected chi connectivity index (χ4v) is 6.35. The number of ether oxygens (including phenoxy) is 3. The van der Waals surface area contributed by atoms with E-state index in [9.17, 15) is 19.2 Å². The second-order valence-corrected chi connectivity index (χ2v) is 13.3. The minimum atomic E-state index is -0.0580. The van der Waals surface area contributed by atoms with Crippen LogP contribution in [0.1, 0.15) is 78.6 Å². The van der Waals surface area contributed by atoms with E-state index in [1.807, 2.05) is 11.8 Å². The van der Waals surface area contributed by atoms with Crippen molar-refractivity contribution >= 4 is 35.5 Å². The molecule has 2 aliphatic rings. The monoisotopic (exact) mass is 643 g/mol. The van der Waals surface area contributed by atoms with Crippen LogP contribution in [0.25, 0.3) is 0 Å². The molecule has 0 aliphatic carbocycles. The zero-order valence-electron chi connectivity index (χ0n) is 27.1. The molecule has 0 aromatic carbocycles. The Bertz CT molecular complexity index is 850. The molecule has 12 nitrogen and oxygen atoms in total. The van der Waals surface area contributed by atoms with Gasteiger partial charge < -0.3 is 40.8 Å². The second kappa shape index (κ2) is 23.3. The van der Waals surface area contributed by atoms with Crippen LogP contribution >= 0.6 is 11.8 Å². The predicted octanol–water partition coefficient (Wildman–Crippen LogP) is 2.35. The van der Waals surface area contributed by atoms with Crippen molar-refractivity contribution in [3.8, 4) is 0 Å². The lowest BCUT2D eigenvalue weighted by Gasteiger charge is -2.16. The summed E-state index contributed by atoms with van der Waals surface area (Å²) in [5, 5.41) is 15.1. The number of thioether (sulfide) groups is 1. The Hall–Kier alpha value is -2.09. The Morgan fingerprint density at radius 2 is 1.30 bits per heavy atom. The molecule has 0 unspecified atom stereocenters. The number of urea groups is 1. The van der Waals surface area contributed by atoms with Gasteiger partial charge in [0.1, 0.15) is 0 Å². The van der Waals surface area contributed by atoms with Gasteiger partial charge in [0, 0.05) is 63.1 Å². The molecular weight excluding hydrogens is 586 g/mol. The van der Waals surface area contributed by atoms with Crippen molar-refractivity contribution in [1.29, 1.82) is 0 Å². The number of rotatable bonds is 26. The van der Waals surface area contributed by atoms with Gasteiger partial charge in [-0.3, -0.25) is 14.4 Å². The maximum Gasteiger partial charge on any atom is 0.315 e. The van der Waals surface area contributed by atoms with Crippen molar-refractivity contribution in [2.24, 2.45) is 11.8 Å². The fourth-order valence-electron chi connectivity index (χ4n) is 4.81. The molecule has 2 heterocycles. The molecule has 4 atom stereocenters. The summed E-state index contributed by atoms with van der Waals surface area (Å²) in [4.78, 5) is 47.2. The SMILES string of the molecule is CC(C)[C@@H](C)CNC(=O)CCCC(=O)NCCCOCCOCCOCCCNC(=O)CCCC[C@H]1SC[C@@H]2NC(=O)N[C@@H]21. The van der Waals surface area contributed by atoms with Gasteiger partial charge in [0.2, 0.25) is 17.7 Å². The minimum absolute atomic E-state index is 0.00403. The van der Waals surface area contributed by atoms with Crippen LogP contribution in [0.15, 0.2) is 0 Å². The molecule has 0 radical (unpaired) electrons. The van der Waals surface area contributed by atoms with Gasteiger partial charge in [0.25, 0.3) is 0 Å². The van der Waals surface area contributed by atoms with Crippen molar-refractivity contribution in [3.63, 3.8) is 0 Å². The number of fused-ring (bicyclic) bond motifs is 1. The van der Waals surface area contributed by atoms with E-state index in [-0.39, 0.29) is 35.8 Å². The first-order chi connectivity index (χ1) is 21.3. The van der Waals surface area contributed by atoms with Crippen LogP contribution < -0.4 is 26.6 Å². The first-order valence-electron chi connectivity index (χ1n) is 16.5. The molecule has 254 valence electrons. The third kappa shape index (κ3) is 17.4. The standard InChI is InChI=1S/C31H57N5O7S/c1-23(2)24(3)21-34-29(39)12-6-11-28(38)33-14-8-16-42-18-20-43-19-17-41-15-7-13-32-27(37)10-5-4-9-26-30-25(22-44-26)35-31(40)36-30/h23-26,30H,4-22H2,1-3H3,(H,32,37)(H,33,38)(H,34,39)(H2,35,36,40)/t24-,25-,26+,30-/m0/s1. The highest BCUT2D eigenvalue weighted by Crippen LogP contribution is 2.33. The molecule has 2 aliphatic heterocycles. The quantitative estimate of drug-likeness (QED) is 0.0711. The summed E-state index contributed by atoms with van der Waals surface area (Å²) < 4.78 is 16.6. The molecule has 0 spiro atoms. The number of nitrogens with one attached hydrogen (secondary N) is 5. The van der Waals surface area contributed by atoms with Crippen LogP contribution in [0.5, 0.6) is 0 Å².